The summed E-state index contributed by atoms with van der Waals surface area (Å²) in [6, 6.07) is 12.1. The van der Waals surface area contributed by atoms with E-state index in [-0.39, 0.29) is 18.2 Å². The summed E-state index contributed by atoms with van der Waals surface area (Å²) in [5.41, 5.74) is 1.67. The first kappa shape index (κ1) is 25.0. The summed E-state index contributed by atoms with van der Waals surface area (Å²) in [4.78, 5) is 27.8. The molecule has 0 unspecified atom stereocenters. The van der Waals surface area contributed by atoms with E-state index in [1.54, 1.807) is 30.2 Å². The molecule has 2 rings (SSSR count). The molecule has 0 fully saturated rings. The Kier molecular flexibility index (Phi) is 10.2. The molecule has 0 saturated carbocycles. The van der Waals surface area contributed by atoms with Crippen LogP contribution >= 0.6 is 23.2 Å². The van der Waals surface area contributed by atoms with E-state index in [0.717, 1.165) is 29.7 Å². The molecule has 2 aromatic carbocycles. The number of hydrogen-bond donors (Lipinski definition) is 1. The third-order valence-corrected chi connectivity index (χ3v) is 5.81. The topological polar surface area (TPSA) is 58.6 Å². The molecule has 2 aromatic rings. The normalized spacial score (nSPS) is 11.6. The maximum absolute atomic E-state index is 13.3. The fraction of sp³-hybridized carbons (Fsp3) is 0.417. The molecule has 0 heterocycles. The number of benzene rings is 2. The molecule has 1 N–H and O–H groups in total. The third kappa shape index (κ3) is 7.44. The molecule has 0 aliphatic rings. The maximum atomic E-state index is 13.3. The predicted molar refractivity (Wildman–Crippen MR) is 126 cm³/mol. The summed E-state index contributed by atoms with van der Waals surface area (Å²) in [6.07, 6.45) is 2.54. The highest BCUT2D eigenvalue weighted by Crippen LogP contribution is 2.24. The van der Waals surface area contributed by atoms with Crippen molar-refractivity contribution in [1.29, 1.82) is 0 Å². The number of methoxy groups -OCH3 is 1. The van der Waals surface area contributed by atoms with E-state index < -0.39 is 6.04 Å². The number of nitrogens with zero attached hydrogens (tertiary/aromatic N) is 1. The molecule has 31 heavy (non-hydrogen) atoms. The van der Waals surface area contributed by atoms with E-state index in [2.05, 4.69) is 12.2 Å². The van der Waals surface area contributed by atoms with E-state index in [1.165, 1.54) is 0 Å². The molecule has 0 radical (unpaired) electrons. The van der Waals surface area contributed by atoms with Gasteiger partial charge in [-0.05, 0) is 48.2 Å². The van der Waals surface area contributed by atoms with Crippen LogP contribution in [0.15, 0.2) is 42.5 Å². The minimum absolute atomic E-state index is 0.131. The van der Waals surface area contributed by atoms with E-state index in [9.17, 15) is 9.59 Å². The van der Waals surface area contributed by atoms with Crippen LogP contribution in [0.2, 0.25) is 10.0 Å². The van der Waals surface area contributed by atoms with Crippen molar-refractivity contribution in [3.05, 3.63) is 63.6 Å². The smallest absolute Gasteiger partial charge is 0.242 e. The van der Waals surface area contributed by atoms with Gasteiger partial charge in [0.15, 0.2) is 0 Å². The Labute approximate surface area is 194 Å². The van der Waals surface area contributed by atoms with Gasteiger partial charge in [0.05, 0.1) is 23.6 Å². The van der Waals surface area contributed by atoms with Crippen LogP contribution in [0.1, 0.15) is 44.2 Å². The van der Waals surface area contributed by atoms with Gasteiger partial charge in [-0.2, -0.15) is 0 Å². The molecule has 0 saturated heterocycles. The number of hydrogen-bond acceptors (Lipinski definition) is 3. The number of unbranched alkanes of at least 4 members (excludes halogenated alkanes) is 1. The summed E-state index contributed by atoms with van der Waals surface area (Å²) in [7, 11) is 1.61. The molecule has 0 aromatic heterocycles. The van der Waals surface area contributed by atoms with E-state index >= 15 is 0 Å². The van der Waals surface area contributed by atoms with Crippen molar-refractivity contribution >= 4 is 35.0 Å². The molecule has 0 aliphatic heterocycles. The molecular weight excluding hydrogens is 435 g/mol. The van der Waals surface area contributed by atoms with Crippen LogP contribution in [0.4, 0.5) is 0 Å². The Bertz CT molecular complexity index is 872. The number of ether oxygens (including phenoxy) is 1. The second-order valence-electron chi connectivity index (χ2n) is 7.36. The monoisotopic (exact) mass is 464 g/mol. The fourth-order valence-electron chi connectivity index (χ4n) is 3.28. The van der Waals surface area contributed by atoms with Gasteiger partial charge < -0.3 is 15.0 Å². The van der Waals surface area contributed by atoms with Crippen LogP contribution < -0.4 is 10.1 Å². The summed E-state index contributed by atoms with van der Waals surface area (Å²) >= 11 is 12.1. The van der Waals surface area contributed by atoms with Crippen molar-refractivity contribution in [2.75, 3.05) is 13.7 Å². The van der Waals surface area contributed by atoms with Crippen LogP contribution in [0.25, 0.3) is 0 Å². The average Bonchev–Trinajstić information content (AvgIpc) is 2.76. The highest BCUT2D eigenvalue weighted by atomic mass is 35.5. The fourth-order valence-corrected chi connectivity index (χ4v) is 3.60. The molecule has 5 nitrogen and oxygen atoms in total. The Morgan fingerprint density at radius 1 is 1.03 bits per heavy atom. The Hall–Kier alpha value is -2.24. The van der Waals surface area contributed by atoms with Crippen molar-refractivity contribution in [3.63, 3.8) is 0 Å². The van der Waals surface area contributed by atoms with E-state index in [4.69, 9.17) is 27.9 Å². The van der Waals surface area contributed by atoms with Crippen LogP contribution in [0.3, 0.4) is 0 Å². The largest absolute Gasteiger partial charge is 0.497 e. The number of amides is 2. The summed E-state index contributed by atoms with van der Waals surface area (Å²) in [5, 5.41) is 3.80. The van der Waals surface area contributed by atoms with Gasteiger partial charge >= 0.3 is 0 Å². The van der Waals surface area contributed by atoms with Crippen LogP contribution in [-0.2, 0) is 22.6 Å². The van der Waals surface area contributed by atoms with Gasteiger partial charge in [0, 0.05) is 13.1 Å². The number of nitrogens with one attached hydrogen (secondary N) is 1. The van der Waals surface area contributed by atoms with Crippen LogP contribution in [-0.4, -0.2) is 36.4 Å². The third-order valence-electron chi connectivity index (χ3n) is 5.07. The lowest BCUT2D eigenvalue weighted by atomic mass is 10.1. The summed E-state index contributed by atoms with van der Waals surface area (Å²) in [6.45, 7) is 4.91. The maximum Gasteiger partial charge on any atom is 0.242 e. The highest BCUT2D eigenvalue weighted by Gasteiger charge is 2.28. The zero-order valence-corrected chi connectivity index (χ0v) is 19.8. The van der Waals surface area contributed by atoms with Crippen molar-refractivity contribution in [3.8, 4) is 5.75 Å². The Balaban J connectivity index is 2.26. The second kappa shape index (κ2) is 12.6. The van der Waals surface area contributed by atoms with Gasteiger partial charge in [0.1, 0.15) is 11.8 Å². The Morgan fingerprint density at radius 2 is 1.71 bits per heavy atom. The quantitative estimate of drug-likeness (QED) is 0.460. The number of carbonyl (C=O) groups excluding carboxylic acids is 2. The number of rotatable bonds is 11. The van der Waals surface area contributed by atoms with E-state index in [0.29, 0.717) is 29.6 Å². The van der Waals surface area contributed by atoms with Crippen molar-refractivity contribution in [1.82, 2.24) is 10.2 Å². The lowest BCUT2D eigenvalue weighted by Crippen LogP contribution is -2.49. The number of halogens is 2. The minimum atomic E-state index is -0.561. The molecular formula is C24H30Cl2N2O3. The highest BCUT2D eigenvalue weighted by molar-refractivity contribution is 6.42. The standard InChI is InChI=1S/C24H30Cl2N2O3/c1-4-6-13-27-24(30)22(5-2)28(16-17-7-10-19(31-3)11-8-17)23(29)15-18-9-12-20(25)21(26)14-18/h7-12,14,22H,4-6,13,15-16H2,1-3H3,(H,27,30)/t22-/m0/s1. The van der Waals surface area contributed by atoms with E-state index in [1.807, 2.05) is 31.2 Å². The van der Waals surface area contributed by atoms with Gasteiger partial charge in [-0.1, -0.05) is 61.7 Å². The average molecular weight is 465 g/mol. The summed E-state index contributed by atoms with van der Waals surface area (Å²) in [5.74, 6) is 0.459. The first-order valence-electron chi connectivity index (χ1n) is 10.5. The number of carbonyl (C=O) groups is 2. The summed E-state index contributed by atoms with van der Waals surface area (Å²) < 4.78 is 5.22. The Morgan fingerprint density at radius 3 is 2.29 bits per heavy atom. The first-order valence-corrected chi connectivity index (χ1v) is 11.3. The molecule has 0 aliphatic carbocycles. The molecule has 0 spiro atoms. The van der Waals surface area contributed by atoms with Gasteiger partial charge in [0.25, 0.3) is 0 Å². The SMILES string of the molecule is CCCCNC(=O)[C@H](CC)N(Cc1ccc(OC)cc1)C(=O)Cc1ccc(Cl)c(Cl)c1. The van der Waals surface area contributed by atoms with Crippen LogP contribution in [0, 0.1) is 0 Å². The molecule has 0 bridgehead atoms. The van der Waals surface area contributed by atoms with Crippen molar-refractivity contribution < 1.29 is 14.3 Å². The lowest BCUT2D eigenvalue weighted by Gasteiger charge is -2.31. The zero-order valence-electron chi connectivity index (χ0n) is 18.3. The van der Waals surface area contributed by atoms with Gasteiger partial charge in [-0.25, -0.2) is 0 Å². The van der Waals surface area contributed by atoms with Crippen LogP contribution in [0.5, 0.6) is 5.75 Å². The van der Waals surface area contributed by atoms with Crippen molar-refractivity contribution in [2.45, 2.75) is 52.1 Å². The molecule has 1 atom stereocenters. The minimum Gasteiger partial charge on any atom is -0.497 e. The molecule has 168 valence electrons. The van der Waals surface area contributed by atoms with Crippen molar-refractivity contribution in [2.24, 2.45) is 0 Å². The molecule has 7 heteroatoms. The zero-order chi connectivity index (χ0) is 22.8. The van der Waals surface area contributed by atoms with Gasteiger partial charge in [0.2, 0.25) is 11.8 Å². The second-order valence-corrected chi connectivity index (χ2v) is 8.18. The predicted octanol–water partition coefficient (Wildman–Crippen LogP) is 5.27. The first-order chi connectivity index (χ1) is 14.9. The van der Waals surface area contributed by atoms with Gasteiger partial charge in [-0.3, -0.25) is 9.59 Å². The molecule has 2 amide bonds. The lowest BCUT2D eigenvalue weighted by molar-refractivity contribution is -0.140. The van der Waals surface area contributed by atoms with Gasteiger partial charge in [-0.15, -0.1) is 0 Å².